The lowest BCUT2D eigenvalue weighted by atomic mass is 10.1. The number of likely N-dealkylation sites (tertiary alicyclic amines) is 1. The van der Waals surface area contributed by atoms with Gasteiger partial charge < -0.3 is 26.2 Å². The Hall–Kier alpha value is -1.50. The van der Waals surface area contributed by atoms with Gasteiger partial charge in [0.1, 0.15) is 5.75 Å². The van der Waals surface area contributed by atoms with Gasteiger partial charge in [0.05, 0.1) is 22.4 Å². The molecule has 2 aliphatic rings. The molecular weight excluding hydrogens is 354 g/mol. The van der Waals surface area contributed by atoms with E-state index in [4.69, 9.17) is 17.3 Å². The van der Waals surface area contributed by atoms with Crippen molar-refractivity contribution in [3.63, 3.8) is 0 Å². The highest BCUT2D eigenvalue weighted by molar-refractivity contribution is 6.33. The van der Waals surface area contributed by atoms with E-state index in [-0.39, 0.29) is 34.0 Å². The van der Waals surface area contributed by atoms with Crippen LogP contribution < -0.4 is 11.1 Å². The van der Waals surface area contributed by atoms with Crippen molar-refractivity contribution in [2.24, 2.45) is 5.92 Å². The Morgan fingerprint density at radius 1 is 1.31 bits per heavy atom. The molecule has 1 amide bonds. The van der Waals surface area contributed by atoms with Crippen molar-refractivity contribution < 1.29 is 15.0 Å². The number of hydrogen-bond acceptors (Lipinski definition) is 5. The molecule has 3 rings (SSSR count). The van der Waals surface area contributed by atoms with Crippen LogP contribution >= 0.6 is 11.6 Å². The molecule has 0 radical (unpaired) electrons. The van der Waals surface area contributed by atoms with Crippen molar-refractivity contribution in [1.29, 1.82) is 0 Å². The highest BCUT2D eigenvalue weighted by Crippen LogP contribution is 2.31. The summed E-state index contributed by atoms with van der Waals surface area (Å²) < 4.78 is 0. The zero-order valence-corrected chi connectivity index (χ0v) is 16.1. The summed E-state index contributed by atoms with van der Waals surface area (Å²) in [7, 11) is 0. The molecule has 26 heavy (non-hydrogen) atoms. The van der Waals surface area contributed by atoms with Gasteiger partial charge in [-0.15, -0.1) is 0 Å². The molecular formula is C19H30ClN3O3. The molecule has 1 saturated carbocycles. The molecule has 0 atom stereocenters. The number of benzene rings is 1. The molecule has 2 fully saturated rings. The van der Waals surface area contributed by atoms with Crippen LogP contribution in [0.4, 0.5) is 5.69 Å². The number of halogens is 1. The lowest BCUT2D eigenvalue weighted by molar-refractivity contribution is 0.0804. The van der Waals surface area contributed by atoms with Gasteiger partial charge in [-0.05, 0) is 24.8 Å². The lowest BCUT2D eigenvalue weighted by Crippen LogP contribution is -2.40. The normalized spacial score (nSPS) is 18.1. The number of aliphatic hydroxyl groups excluding tert-OH is 1. The number of carbonyl (C=O) groups is 1. The Balaban J connectivity index is 0.000000417. The van der Waals surface area contributed by atoms with Crippen LogP contribution in [0.5, 0.6) is 5.75 Å². The number of carbonyl (C=O) groups excluding carboxylic acids is 1. The molecule has 0 aromatic heterocycles. The fourth-order valence-electron chi connectivity index (χ4n) is 2.85. The van der Waals surface area contributed by atoms with E-state index in [9.17, 15) is 15.0 Å². The number of rotatable bonds is 5. The molecule has 6 nitrogen and oxygen atoms in total. The van der Waals surface area contributed by atoms with Crippen LogP contribution in [0.2, 0.25) is 5.02 Å². The Morgan fingerprint density at radius 2 is 1.96 bits per heavy atom. The molecule has 146 valence electrons. The average molecular weight is 384 g/mol. The summed E-state index contributed by atoms with van der Waals surface area (Å²) in [6.45, 7) is 5.10. The number of nitrogen functional groups attached to an aromatic ring is 1. The number of amides is 1. The van der Waals surface area contributed by atoms with Crippen LogP contribution in [-0.2, 0) is 0 Å². The van der Waals surface area contributed by atoms with Gasteiger partial charge in [-0.2, -0.15) is 0 Å². The largest absolute Gasteiger partial charge is 0.507 e. The summed E-state index contributed by atoms with van der Waals surface area (Å²) in [5.41, 5.74) is 5.90. The van der Waals surface area contributed by atoms with Crippen LogP contribution in [-0.4, -0.2) is 53.3 Å². The number of nitrogens with zero attached hydrogens (tertiary/aromatic N) is 1. The first kappa shape index (κ1) is 20.8. The Bertz CT molecular complexity index is 600. The molecule has 1 aliphatic carbocycles. The van der Waals surface area contributed by atoms with E-state index in [1.807, 2.05) is 0 Å². The highest BCUT2D eigenvalue weighted by atomic mass is 35.5. The first-order chi connectivity index (χ1) is 12.4. The number of piperidine rings is 1. The second kappa shape index (κ2) is 10.00. The van der Waals surface area contributed by atoms with Crippen molar-refractivity contribution in [2.75, 3.05) is 31.9 Å². The number of nitrogens with two attached hydrogens (primary N) is 1. The summed E-state index contributed by atoms with van der Waals surface area (Å²) >= 11 is 5.85. The molecule has 1 aliphatic heterocycles. The van der Waals surface area contributed by atoms with Crippen LogP contribution in [0.15, 0.2) is 12.1 Å². The minimum Gasteiger partial charge on any atom is -0.507 e. The first-order valence-electron chi connectivity index (χ1n) is 9.37. The standard InChI is InChI=1S/C14H20ClN3O3.C5H10/c15-11-7-10(13(20)8-12(11)16)14(21)17-3-6-18-4-1-9(19)2-5-18;1-2-5-3-4-5/h7-9,19-20H,1-6,16H2,(H,17,21);5H,2-4H2,1H3. The Kier molecular flexibility index (Phi) is 8.00. The fourth-order valence-corrected chi connectivity index (χ4v) is 3.02. The van der Waals surface area contributed by atoms with Gasteiger partial charge in [0.2, 0.25) is 0 Å². The van der Waals surface area contributed by atoms with Gasteiger partial charge in [-0.25, -0.2) is 0 Å². The van der Waals surface area contributed by atoms with Crippen LogP contribution in [0, 0.1) is 5.92 Å². The van der Waals surface area contributed by atoms with Crippen molar-refractivity contribution in [1.82, 2.24) is 10.2 Å². The second-order valence-electron chi connectivity index (χ2n) is 7.07. The molecule has 1 saturated heterocycles. The van der Waals surface area contributed by atoms with E-state index in [0.29, 0.717) is 13.1 Å². The third kappa shape index (κ3) is 6.67. The SMILES string of the molecule is CCC1CC1.Nc1cc(O)c(C(=O)NCCN2CCC(O)CC2)cc1Cl. The van der Waals surface area contributed by atoms with E-state index in [0.717, 1.165) is 31.8 Å². The van der Waals surface area contributed by atoms with Gasteiger partial charge in [0.25, 0.3) is 5.91 Å². The molecule has 0 bridgehead atoms. The van der Waals surface area contributed by atoms with Crippen LogP contribution in [0.3, 0.4) is 0 Å². The average Bonchev–Trinajstić information content (AvgIpc) is 3.45. The minimum absolute atomic E-state index is 0.114. The van der Waals surface area contributed by atoms with E-state index in [1.54, 1.807) is 0 Å². The number of aromatic hydroxyl groups is 1. The van der Waals surface area contributed by atoms with Gasteiger partial charge in [-0.3, -0.25) is 4.79 Å². The van der Waals surface area contributed by atoms with Crippen molar-refractivity contribution >= 4 is 23.2 Å². The second-order valence-corrected chi connectivity index (χ2v) is 7.48. The maximum atomic E-state index is 12.0. The molecule has 1 heterocycles. The summed E-state index contributed by atoms with van der Waals surface area (Å²) in [6.07, 6.45) is 5.77. The van der Waals surface area contributed by atoms with Crippen molar-refractivity contribution in [3.05, 3.63) is 22.7 Å². The summed E-state index contributed by atoms with van der Waals surface area (Å²) in [4.78, 5) is 14.2. The van der Waals surface area contributed by atoms with E-state index in [2.05, 4.69) is 17.1 Å². The topological polar surface area (TPSA) is 98.8 Å². The molecule has 0 unspecified atom stereocenters. The maximum Gasteiger partial charge on any atom is 0.255 e. The minimum atomic E-state index is -0.383. The van der Waals surface area contributed by atoms with Crippen LogP contribution in [0.1, 0.15) is 49.4 Å². The summed E-state index contributed by atoms with van der Waals surface area (Å²) in [6, 6.07) is 2.63. The summed E-state index contributed by atoms with van der Waals surface area (Å²) in [5.74, 6) is 0.567. The summed E-state index contributed by atoms with van der Waals surface area (Å²) in [5, 5.41) is 22.1. The van der Waals surface area contributed by atoms with E-state index >= 15 is 0 Å². The number of nitrogens with one attached hydrogen (secondary N) is 1. The fraction of sp³-hybridized carbons (Fsp3) is 0.632. The predicted molar refractivity (Wildman–Crippen MR) is 105 cm³/mol. The third-order valence-electron chi connectivity index (χ3n) is 4.90. The smallest absolute Gasteiger partial charge is 0.255 e. The number of phenols is 1. The first-order valence-corrected chi connectivity index (χ1v) is 9.75. The molecule has 0 spiro atoms. The Labute approximate surface area is 160 Å². The van der Waals surface area contributed by atoms with Crippen LogP contribution in [0.25, 0.3) is 0 Å². The van der Waals surface area contributed by atoms with Crippen molar-refractivity contribution in [3.8, 4) is 5.75 Å². The van der Waals surface area contributed by atoms with Gasteiger partial charge in [-0.1, -0.05) is 37.8 Å². The third-order valence-corrected chi connectivity index (χ3v) is 5.23. The molecule has 1 aromatic rings. The highest BCUT2D eigenvalue weighted by Gasteiger charge is 2.18. The zero-order chi connectivity index (χ0) is 19.1. The predicted octanol–water partition coefficient (Wildman–Crippen LogP) is 2.62. The number of phenolic OH excluding ortho intramolecular Hbond substituents is 1. The molecule has 7 heteroatoms. The lowest BCUT2D eigenvalue weighted by Gasteiger charge is -2.29. The number of anilines is 1. The van der Waals surface area contributed by atoms with Gasteiger partial charge in [0.15, 0.2) is 0 Å². The maximum absolute atomic E-state index is 12.0. The Morgan fingerprint density at radius 3 is 2.50 bits per heavy atom. The zero-order valence-electron chi connectivity index (χ0n) is 15.4. The van der Waals surface area contributed by atoms with E-state index in [1.165, 1.54) is 31.4 Å². The van der Waals surface area contributed by atoms with Gasteiger partial charge >= 0.3 is 0 Å². The van der Waals surface area contributed by atoms with Crippen molar-refractivity contribution in [2.45, 2.75) is 45.1 Å². The molecule has 5 N–H and O–H groups in total. The quantitative estimate of drug-likeness (QED) is 0.586. The monoisotopic (exact) mass is 383 g/mol. The van der Waals surface area contributed by atoms with E-state index < -0.39 is 0 Å². The van der Waals surface area contributed by atoms with Gasteiger partial charge in [0, 0.05) is 32.2 Å². The number of hydrogen-bond donors (Lipinski definition) is 4. The molecule has 1 aromatic carbocycles. The number of aliphatic hydroxyl groups is 1.